The molecule has 1 saturated carbocycles. The highest BCUT2D eigenvalue weighted by atomic mass is 35.5. The first-order valence-electron chi connectivity index (χ1n) is 8.79. The number of hydrogen-bond acceptors (Lipinski definition) is 4. The van der Waals surface area contributed by atoms with E-state index in [4.69, 9.17) is 16.3 Å². The fraction of sp³-hybridized carbons (Fsp3) is 0.611. The van der Waals surface area contributed by atoms with Crippen LogP contribution in [0.2, 0.25) is 5.02 Å². The molecule has 1 aliphatic heterocycles. The first-order chi connectivity index (χ1) is 11.7. The van der Waals surface area contributed by atoms with Gasteiger partial charge in [0, 0.05) is 44.3 Å². The van der Waals surface area contributed by atoms with E-state index in [2.05, 4.69) is 15.1 Å². The molecule has 2 fully saturated rings. The summed E-state index contributed by atoms with van der Waals surface area (Å²) in [6.07, 6.45) is 2.55. The Morgan fingerprint density at radius 1 is 1.12 bits per heavy atom. The van der Waals surface area contributed by atoms with Crippen molar-refractivity contribution >= 4 is 17.5 Å². The minimum Gasteiger partial charge on any atom is -0.492 e. The number of nitrogens with zero attached hydrogens (tertiary/aromatic N) is 2. The summed E-state index contributed by atoms with van der Waals surface area (Å²) in [5.74, 6) is 1.76. The number of halogens is 1. The molecule has 6 heteroatoms. The molecule has 0 unspecified atom stereocenters. The third kappa shape index (κ3) is 5.96. The van der Waals surface area contributed by atoms with Gasteiger partial charge in [-0.25, -0.2) is 0 Å². The van der Waals surface area contributed by atoms with E-state index in [0.29, 0.717) is 13.2 Å². The number of rotatable bonds is 8. The molecule has 5 nitrogen and oxygen atoms in total. The zero-order valence-electron chi connectivity index (χ0n) is 14.0. The molecule has 1 aliphatic carbocycles. The van der Waals surface area contributed by atoms with Crippen LogP contribution in [0, 0.1) is 5.92 Å². The number of carbonyl (C=O) groups excluding carboxylic acids is 1. The van der Waals surface area contributed by atoms with Gasteiger partial charge in [0.2, 0.25) is 5.91 Å². The molecule has 0 radical (unpaired) electrons. The molecule has 1 aromatic carbocycles. The van der Waals surface area contributed by atoms with Crippen molar-refractivity contribution in [2.45, 2.75) is 12.8 Å². The Balaban J connectivity index is 1.27. The molecule has 3 rings (SSSR count). The fourth-order valence-electron chi connectivity index (χ4n) is 2.83. The molecule has 1 amide bonds. The van der Waals surface area contributed by atoms with Crippen molar-refractivity contribution in [3.05, 3.63) is 29.3 Å². The third-order valence-electron chi connectivity index (χ3n) is 4.61. The summed E-state index contributed by atoms with van der Waals surface area (Å²) >= 11 is 5.86. The summed E-state index contributed by atoms with van der Waals surface area (Å²) in [5.41, 5.74) is 0. The predicted octanol–water partition coefficient (Wildman–Crippen LogP) is 1.86. The van der Waals surface area contributed by atoms with E-state index in [1.165, 1.54) is 12.8 Å². The summed E-state index contributed by atoms with van der Waals surface area (Å²) in [5, 5.41) is 3.76. The minimum absolute atomic E-state index is 0.168. The van der Waals surface area contributed by atoms with Crippen molar-refractivity contribution < 1.29 is 9.53 Å². The standard InChI is InChI=1S/C18H26ClN3O2/c19-16-3-5-17(6-4-16)24-12-11-21-7-9-22(10-8-21)14-18(23)20-13-15-1-2-15/h3-6,15H,1-2,7-14H2,(H,20,23). The maximum absolute atomic E-state index is 11.9. The van der Waals surface area contributed by atoms with Crippen LogP contribution in [0.5, 0.6) is 5.75 Å². The first-order valence-corrected chi connectivity index (χ1v) is 9.16. The van der Waals surface area contributed by atoms with E-state index in [-0.39, 0.29) is 5.91 Å². The lowest BCUT2D eigenvalue weighted by atomic mass is 10.3. The van der Waals surface area contributed by atoms with Gasteiger partial charge in [-0.1, -0.05) is 11.6 Å². The second kappa shape index (κ2) is 8.70. The normalized spacial score (nSPS) is 19.2. The number of carbonyl (C=O) groups is 1. The van der Waals surface area contributed by atoms with Gasteiger partial charge >= 0.3 is 0 Å². The van der Waals surface area contributed by atoms with Crippen LogP contribution in [0.15, 0.2) is 24.3 Å². The van der Waals surface area contributed by atoms with Crippen LogP contribution >= 0.6 is 11.6 Å². The molecule has 0 spiro atoms. The largest absolute Gasteiger partial charge is 0.492 e. The van der Waals surface area contributed by atoms with Crippen LogP contribution < -0.4 is 10.1 Å². The van der Waals surface area contributed by atoms with Crippen LogP contribution in [0.25, 0.3) is 0 Å². The molecule has 1 heterocycles. The number of nitrogens with one attached hydrogen (secondary N) is 1. The van der Waals surface area contributed by atoms with Gasteiger partial charge < -0.3 is 10.1 Å². The highest BCUT2D eigenvalue weighted by molar-refractivity contribution is 6.30. The summed E-state index contributed by atoms with van der Waals surface area (Å²) < 4.78 is 5.74. The van der Waals surface area contributed by atoms with Crippen molar-refractivity contribution in [3.8, 4) is 5.75 Å². The van der Waals surface area contributed by atoms with Crippen LogP contribution in [0.4, 0.5) is 0 Å². The lowest BCUT2D eigenvalue weighted by Crippen LogP contribution is -2.50. The molecule has 0 atom stereocenters. The first kappa shape index (κ1) is 17.5. The molecule has 1 saturated heterocycles. The maximum Gasteiger partial charge on any atom is 0.234 e. The molecule has 1 N–H and O–H groups in total. The Hall–Kier alpha value is -1.30. The van der Waals surface area contributed by atoms with Gasteiger partial charge in [-0.3, -0.25) is 14.6 Å². The summed E-state index contributed by atoms with van der Waals surface area (Å²) in [6.45, 7) is 6.83. The van der Waals surface area contributed by atoms with Gasteiger partial charge in [0.15, 0.2) is 0 Å². The van der Waals surface area contributed by atoms with Crippen molar-refractivity contribution in [3.63, 3.8) is 0 Å². The number of benzene rings is 1. The van der Waals surface area contributed by atoms with Crippen molar-refractivity contribution in [1.82, 2.24) is 15.1 Å². The van der Waals surface area contributed by atoms with E-state index in [9.17, 15) is 4.79 Å². The van der Waals surface area contributed by atoms with Crippen molar-refractivity contribution in [1.29, 1.82) is 0 Å². The van der Waals surface area contributed by atoms with Gasteiger partial charge in [-0.15, -0.1) is 0 Å². The molecule has 132 valence electrons. The summed E-state index contributed by atoms with van der Waals surface area (Å²) in [7, 11) is 0. The van der Waals surface area contributed by atoms with Gasteiger partial charge in [0.1, 0.15) is 12.4 Å². The molecule has 0 bridgehead atoms. The van der Waals surface area contributed by atoms with Crippen LogP contribution in [-0.2, 0) is 4.79 Å². The van der Waals surface area contributed by atoms with E-state index < -0.39 is 0 Å². The molecule has 24 heavy (non-hydrogen) atoms. The average molecular weight is 352 g/mol. The molecular weight excluding hydrogens is 326 g/mol. The number of piperazine rings is 1. The Kier molecular flexibility index (Phi) is 6.35. The quantitative estimate of drug-likeness (QED) is 0.776. The Bertz CT molecular complexity index is 526. The van der Waals surface area contributed by atoms with E-state index in [1.807, 2.05) is 24.3 Å². The molecule has 1 aromatic rings. The van der Waals surface area contributed by atoms with E-state index in [1.54, 1.807) is 0 Å². The van der Waals surface area contributed by atoms with E-state index in [0.717, 1.165) is 56.0 Å². The predicted molar refractivity (Wildman–Crippen MR) is 95.6 cm³/mol. The Morgan fingerprint density at radius 3 is 2.46 bits per heavy atom. The lowest BCUT2D eigenvalue weighted by molar-refractivity contribution is -0.122. The average Bonchev–Trinajstić information content (AvgIpc) is 3.41. The van der Waals surface area contributed by atoms with Gasteiger partial charge in [0.25, 0.3) is 0 Å². The topological polar surface area (TPSA) is 44.8 Å². The molecular formula is C18H26ClN3O2. The van der Waals surface area contributed by atoms with Gasteiger partial charge in [-0.05, 0) is 43.0 Å². The van der Waals surface area contributed by atoms with Crippen molar-refractivity contribution in [2.75, 3.05) is 52.4 Å². The maximum atomic E-state index is 11.9. The number of hydrogen-bond donors (Lipinski definition) is 1. The number of ether oxygens (including phenoxy) is 1. The smallest absolute Gasteiger partial charge is 0.234 e. The SMILES string of the molecule is O=C(CN1CCN(CCOc2ccc(Cl)cc2)CC1)NCC1CC1. The van der Waals surface area contributed by atoms with Gasteiger partial charge in [-0.2, -0.15) is 0 Å². The Labute approximate surface area is 148 Å². The van der Waals surface area contributed by atoms with Crippen LogP contribution in [0.3, 0.4) is 0 Å². The fourth-order valence-corrected chi connectivity index (χ4v) is 2.96. The Morgan fingerprint density at radius 2 is 1.79 bits per heavy atom. The van der Waals surface area contributed by atoms with Gasteiger partial charge in [0.05, 0.1) is 6.54 Å². The molecule has 0 aromatic heterocycles. The second-order valence-electron chi connectivity index (χ2n) is 6.67. The number of amides is 1. The van der Waals surface area contributed by atoms with Crippen LogP contribution in [-0.4, -0.2) is 68.1 Å². The second-order valence-corrected chi connectivity index (χ2v) is 7.10. The highest BCUT2D eigenvalue weighted by Crippen LogP contribution is 2.27. The molecule has 2 aliphatic rings. The minimum atomic E-state index is 0.168. The summed E-state index contributed by atoms with van der Waals surface area (Å²) in [6, 6.07) is 7.45. The monoisotopic (exact) mass is 351 g/mol. The van der Waals surface area contributed by atoms with Crippen molar-refractivity contribution in [2.24, 2.45) is 5.92 Å². The highest BCUT2D eigenvalue weighted by Gasteiger charge is 2.23. The lowest BCUT2D eigenvalue weighted by Gasteiger charge is -2.34. The summed E-state index contributed by atoms with van der Waals surface area (Å²) in [4.78, 5) is 16.5. The zero-order chi connectivity index (χ0) is 16.8. The van der Waals surface area contributed by atoms with E-state index >= 15 is 0 Å². The third-order valence-corrected chi connectivity index (χ3v) is 4.86. The van der Waals surface area contributed by atoms with Crippen LogP contribution in [0.1, 0.15) is 12.8 Å². The zero-order valence-corrected chi connectivity index (χ0v) is 14.8.